The highest BCUT2D eigenvalue weighted by atomic mass is 32.2. The number of rotatable bonds is 10. The zero-order valence-electron chi connectivity index (χ0n) is 18.8. The van der Waals surface area contributed by atoms with Crippen LogP contribution < -0.4 is 15.0 Å². The first-order chi connectivity index (χ1) is 16.6. The molecule has 1 atom stereocenters. The molecule has 35 heavy (non-hydrogen) atoms. The molecule has 3 rings (SSSR count). The van der Waals surface area contributed by atoms with E-state index in [0.29, 0.717) is 13.0 Å². The number of carbonyl (C=O) groups excluding carboxylic acids is 1. The summed E-state index contributed by atoms with van der Waals surface area (Å²) in [5.41, 5.74) is 1.57. The molecular weight excluding hydrogens is 489 g/mol. The number of hydrogen-bond acceptors (Lipinski definition) is 7. The molecule has 0 aromatic heterocycles. The number of halogens is 3. The first-order valence-corrected chi connectivity index (χ1v) is 12.7. The van der Waals surface area contributed by atoms with Crippen molar-refractivity contribution >= 4 is 15.7 Å². The summed E-state index contributed by atoms with van der Waals surface area (Å²) in [5, 5.41) is 9.07. The van der Waals surface area contributed by atoms with Crippen LogP contribution in [0.15, 0.2) is 53.4 Å². The van der Waals surface area contributed by atoms with E-state index in [-0.39, 0.29) is 16.4 Å². The Morgan fingerprint density at radius 2 is 1.51 bits per heavy atom. The molecule has 0 spiro atoms. The number of carbonyl (C=O) groups is 1. The summed E-state index contributed by atoms with van der Waals surface area (Å²) in [6.45, 7) is 2.37. The van der Waals surface area contributed by atoms with E-state index in [0.717, 1.165) is 44.5 Å². The molecule has 2 N–H and O–H groups in total. The number of sulfone groups is 1. The fourth-order valence-corrected chi connectivity index (χ4v) is 5.42. The molecule has 0 radical (unpaired) electrons. The standard InChI is InChI=1S/C23H27F3N2O6S/c24-23(25,26)34-20-6-4-18(5-7-20)33-19-8-10-21(11-9-19)35(31,32)16-17(22(29)27-30)12-15-28-13-2-1-3-14-28/h4-11,17,30H,1-3,12-16H2,(H,27,29). The topological polar surface area (TPSA) is 105 Å². The molecule has 12 heteroatoms. The summed E-state index contributed by atoms with van der Waals surface area (Å²) in [6.07, 6.45) is -1.22. The molecule has 1 saturated heterocycles. The monoisotopic (exact) mass is 516 g/mol. The molecule has 2 aromatic rings. The lowest BCUT2D eigenvalue weighted by molar-refractivity contribution is -0.274. The van der Waals surface area contributed by atoms with E-state index < -0.39 is 39.5 Å². The van der Waals surface area contributed by atoms with Gasteiger partial charge in [-0.2, -0.15) is 0 Å². The van der Waals surface area contributed by atoms with Crippen molar-refractivity contribution in [2.75, 3.05) is 25.4 Å². The molecule has 192 valence electrons. The lowest BCUT2D eigenvalue weighted by atomic mass is 10.1. The van der Waals surface area contributed by atoms with Gasteiger partial charge in [-0.1, -0.05) is 6.42 Å². The molecule has 2 aromatic carbocycles. The Balaban J connectivity index is 1.62. The number of piperidine rings is 1. The van der Waals surface area contributed by atoms with Gasteiger partial charge in [0.15, 0.2) is 9.84 Å². The molecule has 0 aliphatic carbocycles. The molecule has 1 unspecified atom stereocenters. The van der Waals surface area contributed by atoms with E-state index in [1.54, 1.807) is 5.48 Å². The predicted molar refractivity (Wildman–Crippen MR) is 120 cm³/mol. The molecule has 1 fully saturated rings. The van der Waals surface area contributed by atoms with E-state index in [2.05, 4.69) is 9.64 Å². The number of benzene rings is 2. The quantitative estimate of drug-likeness (QED) is 0.361. The zero-order chi connectivity index (χ0) is 25.5. The van der Waals surface area contributed by atoms with Crippen molar-refractivity contribution in [1.29, 1.82) is 0 Å². The minimum Gasteiger partial charge on any atom is -0.457 e. The third kappa shape index (κ3) is 8.41. The number of hydroxylamine groups is 1. The number of likely N-dealkylation sites (tertiary alicyclic amines) is 1. The fraction of sp³-hybridized carbons (Fsp3) is 0.435. The summed E-state index contributed by atoms with van der Waals surface area (Å²) >= 11 is 0. The minimum atomic E-state index is -4.80. The highest BCUT2D eigenvalue weighted by molar-refractivity contribution is 7.91. The van der Waals surface area contributed by atoms with Crippen LogP contribution >= 0.6 is 0 Å². The minimum absolute atomic E-state index is 0.0208. The van der Waals surface area contributed by atoms with Gasteiger partial charge in [0.25, 0.3) is 0 Å². The Morgan fingerprint density at radius 1 is 0.971 bits per heavy atom. The van der Waals surface area contributed by atoms with Crippen molar-refractivity contribution < 1.29 is 41.1 Å². The third-order valence-corrected chi connectivity index (χ3v) is 7.45. The van der Waals surface area contributed by atoms with Gasteiger partial charge in [0.2, 0.25) is 5.91 Å². The zero-order valence-corrected chi connectivity index (χ0v) is 19.6. The highest BCUT2D eigenvalue weighted by Crippen LogP contribution is 2.28. The van der Waals surface area contributed by atoms with E-state index >= 15 is 0 Å². The van der Waals surface area contributed by atoms with Crippen LogP contribution in [0.1, 0.15) is 25.7 Å². The average Bonchev–Trinajstić information content (AvgIpc) is 2.82. The number of hydrogen-bond donors (Lipinski definition) is 2. The van der Waals surface area contributed by atoms with Gasteiger partial charge >= 0.3 is 6.36 Å². The largest absolute Gasteiger partial charge is 0.573 e. The molecule has 8 nitrogen and oxygen atoms in total. The SMILES string of the molecule is O=C(NO)C(CCN1CCCCC1)CS(=O)(=O)c1ccc(Oc2ccc(OC(F)(F)F)cc2)cc1. The maximum absolute atomic E-state index is 12.9. The lowest BCUT2D eigenvalue weighted by Crippen LogP contribution is -2.37. The Labute approximate surface area is 201 Å². The maximum atomic E-state index is 12.9. The maximum Gasteiger partial charge on any atom is 0.573 e. The average molecular weight is 517 g/mol. The van der Waals surface area contributed by atoms with Gasteiger partial charge in [-0.25, -0.2) is 13.9 Å². The molecule has 1 amide bonds. The Hall–Kier alpha value is -2.83. The smallest absolute Gasteiger partial charge is 0.457 e. The molecule has 0 bridgehead atoms. The van der Waals surface area contributed by atoms with Crippen molar-refractivity contribution in [3.8, 4) is 17.2 Å². The van der Waals surface area contributed by atoms with Gasteiger partial charge in [0.05, 0.1) is 16.6 Å². The third-order valence-electron chi connectivity index (χ3n) is 5.62. The van der Waals surface area contributed by atoms with Crippen LogP contribution in [0.2, 0.25) is 0 Å². The first-order valence-electron chi connectivity index (χ1n) is 11.1. The van der Waals surface area contributed by atoms with E-state index in [4.69, 9.17) is 9.94 Å². The molecular formula is C23H27F3N2O6S. The fourth-order valence-electron chi connectivity index (χ4n) is 3.82. The van der Waals surface area contributed by atoms with Crippen LogP contribution in [-0.4, -0.2) is 56.2 Å². The van der Waals surface area contributed by atoms with Crippen molar-refractivity contribution in [3.05, 3.63) is 48.5 Å². The van der Waals surface area contributed by atoms with Crippen LogP contribution in [0, 0.1) is 5.92 Å². The summed E-state index contributed by atoms with van der Waals surface area (Å²) in [7, 11) is -3.85. The van der Waals surface area contributed by atoms with Crippen molar-refractivity contribution in [2.24, 2.45) is 5.92 Å². The van der Waals surface area contributed by atoms with Crippen LogP contribution in [-0.2, 0) is 14.6 Å². The van der Waals surface area contributed by atoms with Gasteiger partial charge in [0.1, 0.15) is 17.2 Å². The van der Waals surface area contributed by atoms with Crippen LogP contribution in [0.25, 0.3) is 0 Å². The summed E-state index contributed by atoms with van der Waals surface area (Å²) in [4.78, 5) is 14.3. The molecule has 1 aliphatic rings. The van der Waals surface area contributed by atoms with Gasteiger partial charge < -0.3 is 14.4 Å². The normalized spacial score (nSPS) is 15.9. The highest BCUT2D eigenvalue weighted by Gasteiger charge is 2.31. The second-order valence-corrected chi connectivity index (χ2v) is 10.3. The Morgan fingerprint density at radius 3 is 2.06 bits per heavy atom. The van der Waals surface area contributed by atoms with Crippen molar-refractivity contribution in [3.63, 3.8) is 0 Å². The van der Waals surface area contributed by atoms with Crippen LogP contribution in [0.5, 0.6) is 17.2 Å². The predicted octanol–water partition coefficient (Wildman–Crippen LogP) is 4.15. The molecule has 1 aliphatic heterocycles. The van der Waals surface area contributed by atoms with Crippen LogP contribution in [0.4, 0.5) is 13.2 Å². The van der Waals surface area contributed by atoms with Crippen LogP contribution in [0.3, 0.4) is 0 Å². The van der Waals surface area contributed by atoms with E-state index in [1.165, 1.54) is 36.4 Å². The number of alkyl halides is 3. The van der Waals surface area contributed by atoms with Crippen molar-refractivity contribution in [1.82, 2.24) is 10.4 Å². The Bertz CT molecular complexity index is 1070. The van der Waals surface area contributed by atoms with Crippen molar-refractivity contribution in [2.45, 2.75) is 36.9 Å². The van der Waals surface area contributed by atoms with Gasteiger partial charge in [-0.15, -0.1) is 13.2 Å². The second kappa shape index (κ2) is 11.7. The van der Waals surface area contributed by atoms with Gasteiger partial charge in [0, 0.05) is 0 Å². The van der Waals surface area contributed by atoms with E-state index in [1.807, 2.05) is 0 Å². The number of amides is 1. The summed E-state index contributed by atoms with van der Waals surface area (Å²) in [6, 6.07) is 10.2. The lowest BCUT2D eigenvalue weighted by Gasteiger charge is -2.27. The Kier molecular flexibility index (Phi) is 8.98. The van der Waals surface area contributed by atoms with Gasteiger partial charge in [-0.05, 0) is 87.4 Å². The summed E-state index contributed by atoms with van der Waals surface area (Å²) in [5.74, 6) is -2.03. The second-order valence-electron chi connectivity index (χ2n) is 8.24. The number of ether oxygens (including phenoxy) is 2. The molecule has 1 heterocycles. The van der Waals surface area contributed by atoms with Gasteiger partial charge in [-0.3, -0.25) is 10.0 Å². The number of nitrogens with one attached hydrogen (secondary N) is 1. The number of nitrogens with zero attached hydrogens (tertiary/aromatic N) is 1. The first kappa shape index (κ1) is 26.8. The summed E-state index contributed by atoms with van der Waals surface area (Å²) < 4.78 is 71.9. The molecule has 0 saturated carbocycles. The van der Waals surface area contributed by atoms with E-state index in [9.17, 15) is 26.4 Å².